The normalized spacial score (nSPS) is 10.5. The first-order valence-corrected chi connectivity index (χ1v) is 5.91. The molecule has 0 fully saturated rings. The molecular formula is C12H12INO2. The van der Waals surface area contributed by atoms with Crippen LogP contribution in [-0.4, -0.2) is 19.2 Å². The monoisotopic (exact) mass is 329 g/mol. The zero-order chi connectivity index (χ0) is 11.7. The van der Waals surface area contributed by atoms with Crippen molar-refractivity contribution < 1.29 is 9.47 Å². The fourth-order valence-electron chi connectivity index (χ4n) is 1.78. The Hall–Kier alpha value is -1.04. The minimum Gasteiger partial charge on any atom is -0.493 e. The van der Waals surface area contributed by atoms with Crippen molar-refractivity contribution >= 4 is 33.4 Å². The van der Waals surface area contributed by atoms with Gasteiger partial charge in [-0.2, -0.15) is 0 Å². The van der Waals surface area contributed by atoms with Gasteiger partial charge in [0, 0.05) is 26.7 Å². The van der Waals surface area contributed by atoms with E-state index in [0.717, 1.165) is 31.4 Å². The molecule has 0 saturated heterocycles. The molecule has 0 unspecified atom stereocenters. The maximum absolute atomic E-state index is 5.43. The zero-order valence-corrected chi connectivity index (χ0v) is 11.5. The maximum atomic E-state index is 5.43. The molecule has 0 amide bonds. The molecule has 0 spiro atoms. The number of hydrogen-bond acceptors (Lipinski definition) is 3. The van der Waals surface area contributed by atoms with Crippen molar-refractivity contribution in [1.29, 1.82) is 0 Å². The number of hydrogen-bond donors (Lipinski definition) is 0. The summed E-state index contributed by atoms with van der Waals surface area (Å²) >= 11 is 2.26. The predicted octanol–water partition coefficient (Wildman–Crippen LogP) is 3.17. The molecule has 1 aromatic carbocycles. The Balaban J connectivity index is 2.93. The summed E-state index contributed by atoms with van der Waals surface area (Å²) in [5.74, 6) is 1.53. The zero-order valence-electron chi connectivity index (χ0n) is 9.37. The van der Waals surface area contributed by atoms with Crippen molar-refractivity contribution in [2.75, 3.05) is 14.2 Å². The van der Waals surface area contributed by atoms with Gasteiger partial charge in [0.2, 0.25) is 0 Å². The van der Waals surface area contributed by atoms with E-state index in [9.17, 15) is 0 Å². The van der Waals surface area contributed by atoms with Crippen LogP contribution < -0.4 is 9.47 Å². The standard InChI is InChI=1S/C12H12INO2/c1-7-4-10(15-2)12(16-3)11-8(7)5-14-6-9(11)13/h4-6H,1-3H3. The number of halogens is 1. The van der Waals surface area contributed by atoms with Crippen molar-refractivity contribution in [3.8, 4) is 11.5 Å². The molecule has 1 heterocycles. The lowest BCUT2D eigenvalue weighted by Gasteiger charge is -2.13. The lowest BCUT2D eigenvalue weighted by atomic mass is 10.1. The van der Waals surface area contributed by atoms with Crippen LogP contribution in [0, 0.1) is 10.5 Å². The van der Waals surface area contributed by atoms with Crippen LogP contribution in [0.25, 0.3) is 10.8 Å². The van der Waals surface area contributed by atoms with Crippen LogP contribution in [0.4, 0.5) is 0 Å². The summed E-state index contributed by atoms with van der Waals surface area (Å²) < 4.78 is 11.8. The summed E-state index contributed by atoms with van der Waals surface area (Å²) in [7, 11) is 3.31. The molecule has 16 heavy (non-hydrogen) atoms. The highest BCUT2D eigenvalue weighted by Gasteiger charge is 2.13. The summed E-state index contributed by atoms with van der Waals surface area (Å²) in [4.78, 5) is 4.20. The van der Waals surface area contributed by atoms with Gasteiger partial charge in [-0.05, 0) is 41.1 Å². The third-order valence-corrected chi connectivity index (χ3v) is 3.36. The number of fused-ring (bicyclic) bond motifs is 1. The van der Waals surface area contributed by atoms with E-state index in [1.807, 2.05) is 25.4 Å². The molecule has 84 valence electrons. The first-order valence-electron chi connectivity index (χ1n) is 4.83. The molecule has 4 heteroatoms. The SMILES string of the molecule is COc1cc(C)c2cncc(I)c2c1OC. The second-order valence-corrected chi connectivity index (χ2v) is 4.64. The highest BCUT2D eigenvalue weighted by molar-refractivity contribution is 14.1. The molecule has 0 atom stereocenters. The summed E-state index contributed by atoms with van der Waals surface area (Å²) in [6.07, 6.45) is 3.68. The van der Waals surface area contributed by atoms with Gasteiger partial charge in [0.1, 0.15) is 0 Å². The lowest BCUT2D eigenvalue weighted by molar-refractivity contribution is 0.358. The van der Waals surface area contributed by atoms with Gasteiger partial charge in [-0.25, -0.2) is 0 Å². The van der Waals surface area contributed by atoms with Crippen LogP contribution in [0.15, 0.2) is 18.5 Å². The van der Waals surface area contributed by atoms with Gasteiger partial charge in [-0.1, -0.05) is 0 Å². The Morgan fingerprint density at radius 1 is 1.19 bits per heavy atom. The summed E-state index contributed by atoms with van der Waals surface area (Å²) in [6.45, 7) is 2.04. The van der Waals surface area contributed by atoms with E-state index >= 15 is 0 Å². The Labute approximate surface area is 108 Å². The van der Waals surface area contributed by atoms with Gasteiger partial charge in [-0.3, -0.25) is 4.98 Å². The van der Waals surface area contributed by atoms with Crippen molar-refractivity contribution in [3.63, 3.8) is 0 Å². The molecule has 2 aromatic rings. The van der Waals surface area contributed by atoms with Crippen LogP contribution in [0.1, 0.15) is 5.56 Å². The van der Waals surface area contributed by atoms with Crippen LogP contribution >= 0.6 is 22.6 Å². The number of nitrogens with zero attached hydrogens (tertiary/aromatic N) is 1. The molecule has 3 nitrogen and oxygen atoms in total. The Kier molecular flexibility index (Phi) is 3.18. The largest absolute Gasteiger partial charge is 0.493 e. The number of pyridine rings is 1. The smallest absolute Gasteiger partial charge is 0.169 e. The predicted molar refractivity (Wildman–Crippen MR) is 72.3 cm³/mol. The van der Waals surface area contributed by atoms with Crippen LogP contribution in [0.3, 0.4) is 0 Å². The number of rotatable bonds is 2. The lowest BCUT2D eigenvalue weighted by Crippen LogP contribution is -1.95. The fourth-order valence-corrected chi connectivity index (χ4v) is 2.48. The van der Waals surface area contributed by atoms with Gasteiger partial charge >= 0.3 is 0 Å². The number of aromatic nitrogens is 1. The van der Waals surface area contributed by atoms with E-state index in [0.29, 0.717) is 0 Å². The van der Waals surface area contributed by atoms with Gasteiger partial charge in [0.05, 0.1) is 14.2 Å². The molecule has 1 aromatic heterocycles. The van der Waals surface area contributed by atoms with Gasteiger partial charge in [0.15, 0.2) is 11.5 Å². The maximum Gasteiger partial charge on any atom is 0.169 e. The average Bonchev–Trinajstić information content (AvgIpc) is 2.29. The van der Waals surface area contributed by atoms with Gasteiger partial charge in [0.25, 0.3) is 0 Å². The third kappa shape index (κ3) is 1.71. The van der Waals surface area contributed by atoms with E-state index in [-0.39, 0.29) is 0 Å². The van der Waals surface area contributed by atoms with Gasteiger partial charge < -0.3 is 9.47 Å². The first kappa shape index (κ1) is 11.4. The minimum atomic E-state index is 0.761. The van der Waals surface area contributed by atoms with Crippen LogP contribution in [0.2, 0.25) is 0 Å². The molecule has 0 N–H and O–H groups in total. The number of aryl methyl sites for hydroxylation is 1. The third-order valence-electron chi connectivity index (χ3n) is 2.55. The number of ether oxygens (including phenoxy) is 2. The Bertz CT molecular complexity index is 540. The molecule has 0 aliphatic heterocycles. The molecule has 0 bridgehead atoms. The van der Waals surface area contributed by atoms with Crippen molar-refractivity contribution in [3.05, 3.63) is 27.6 Å². The molecule has 0 radical (unpaired) electrons. The van der Waals surface area contributed by atoms with E-state index in [1.165, 1.54) is 0 Å². The summed E-state index contributed by atoms with van der Waals surface area (Å²) in [5.41, 5.74) is 1.14. The highest BCUT2D eigenvalue weighted by atomic mass is 127. The minimum absolute atomic E-state index is 0.761. The second kappa shape index (κ2) is 4.45. The molecule has 0 aliphatic rings. The molecular weight excluding hydrogens is 317 g/mol. The fraction of sp³-hybridized carbons (Fsp3) is 0.250. The molecule has 0 aliphatic carbocycles. The van der Waals surface area contributed by atoms with Crippen molar-refractivity contribution in [2.24, 2.45) is 0 Å². The topological polar surface area (TPSA) is 31.4 Å². The summed E-state index contributed by atoms with van der Waals surface area (Å²) in [6, 6.07) is 1.97. The number of methoxy groups -OCH3 is 2. The first-order chi connectivity index (χ1) is 7.69. The van der Waals surface area contributed by atoms with E-state index in [2.05, 4.69) is 27.6 Å². The van der Waals surface area contributed by atoms with Crippen LogP contribution in [-0.2, 0) is 0 Å². The highest BCUT2D eigenvalue weighted by Crippen LogP contribution is 2.39. The van der Waals surface area contributed by atoms with Crippen LogP contribution in [0.5, 0.6) is 11.5 Å². The van der Waals surface area contributed by atoms with E-state index < -0.39 is 0 Å². The van der Waals surface area contributed by atoms with Gasteiger partial charge in [-0.15, -0.1) is 0 Å². The molecule has 2 rings (SSSR count). The van der Waals surface area contributed by atoms with Crippen molar-refractivity contribution in [1.82, 2.24) is 4.98 Å². The Morgan fingerprint density at radius 3 is 2.56 bits per heavy atom. The van der Waals surface area contributed by atoms with E-state index in [1.54, 1.807) is 14.2 Å². The second-order valence-electron chi connectivity index (χ2n) is 3.47. The average molecular weight is 329 g/mol. The van der Waals surface area contributed by atoms with E-state index in [4.69, 9.17) is 9.47 Å². The molecule has 0 saturated carbocycles. The quantitative estimate of drug-likeness (QED) is 0.793. The Morgan fingerprint density at radius 2 is 1.94 bits per heavy atom. The van der Waals surface area contributed by atoms with Crippen molar-refractivity contribution in [2.45, 2.75) is 6.92 Å². The summed E-state index contributed by atoms with van der Waals surface area (Å²) in [5, 5.41) is 2.17. The number of benzene rings is 1.